The Kier molecular flexibility index (Phi) is 5.40. The van der Waals surface area contributed by atoms with Crippen molar-refractivity contribution in [1.29, 1.82) is 5.26 Å². The second-order valence-corrected chi connectivity index (χ2v) is 5.07. The van der Waals surface area contributed by atoms with Gasteiger partial charge in [-0.25, -0.2) is 0 Å². The maximum absolute atomic E-state index is 9.49. The Morgan fingerprint density at radius 3 is 2.36 bits per heavy atom. The highest BCUT2D eigenvalue weighted by atomic mass is 16.5. The topological polar surface area (TPSA) is 45.5 Å². The van der Waals surface area contributed by atoms with Crippen molar-refractivity contribution in [1.82, 2.24) is 0 Å². The lowest BCUT2D eigenvalue weighted by molar-refractivity contribution is 0.146. The van der Waals surface area contributed by atoms with E-state index >= 15 is 0 Å². The average Bonchev–Trinajstić information content (AvgIpc) is 2.55. The zero-order chi connectivity index (χ0) is 15.9. The Balaban J connectivity index is 2.34. The van der Waals surface area contributed by atoms with Gasteiger partial charge >= 0.3 is 0 Å². The summed E-state index contributed by atoms with van der Waals surface area (Å²) in [5, 5.41) is 9.49. The molecule has 0 aliphatic heterocycles. The van der Waals surface area contributed by atoms with Crippen molar-refractivity contribution in [2.45, 2.75) is 0 Å². The van der Waals surface area contributed by atoms with E-state index in [4.69, 9.17) is 9.47 Å². The van der Waals surface area contributed by atoms with Gasteiger partial charge in [0.05, 0.1) is 6.61 Å². The smallest absolute Gasteiger partial charge is 0.137 e. The van der Waals surface area contributed by atoms with Gasteiger partial charge in [-0.1, -0.05) is 24.3 Å². The van der Waals surface area contributed by atoms with E-state index in [1.165, 1.54) is 0 Å². The molecule has 0 unspecified atom stereocenters. The van der Waals surface area contributed by atoms with Crippen molar-refractivity contribution in [2.75, 3.05) is 39.3 Å². The van der Waals surface area contributed by atoms with Gasteiger partial charge in [-0.2, -0.15) is 5.26 Å². The van der Waals surface area contributed by atoms with Crippen LogP contribution in [-0.4, -0.2) is 34.4 Å². The average molecular weight is 296 g/mol. The molecule has 0 fully saturated rings. The first kappa shape index (κ1) is 15.9. The number of hydrogen-bond donors (Lipinski definition) is 0. The summed E-state index contributed by atoms with van der Waals surface area (Å²) in [7, 11) is 5.62. The van der Waals surface area contributed by atoms with Crippen molar-refractivity contribution >= 4 is 5.69 Å². The maximum Gasteiger partial charge on any atom is 0.137 e. The molecule has 2 aromatic carbocycles. The standard InChI is InChI=1S/C18H20N2O2/c1-20(2)15-9-7-14(8-10-15)16-5-4-6-18(17(16)13-19)22-12-11-21-3/h4-10H,11-12H2,1-3H3. The summed E-state index contributed by atoms with van der Waals surface area (Å²) in [5.41, 5.74) is 3.55. The summed E-state index contributed by atoms with van der Waals surface area (Å²) >= 11 is 0. The Bertz CT molecular complexity index is 658. The first-order valence-corrected chi connectivity index (χ1v) is 7.10. The molecule has 0 saturated heterocycles. The second-order valence-electron chi connectivity index (χ2n) is 5.07. The SMILES string of the molecule is COCCOc1cccc(-c2ccc(N(C)C)cc2)c1C#N. The number of ether oxygens (including phenoxy) is 2. The van der Waals surface area contributed by atoms with Crippen LogP contribution >= 0.6 is 0 Å². The molecule has 0 N–H and O–H groups in total. The Morgan fingerprint density at radius 2 is 1.77 bits per heavy atom. The van der Waals surface area contributed by atoms with E-state index in [-0.39, 0.29) is 0 Å². The Morgan fingerprint density at radius 1 is 1.05 bits per heavy atom. The van der Waals surface area contributed by atoms with Crippen LogP contribution in [0, 0.1) is 11.3 Å². The molecule has 22 heavy (non-hydrogen) atoms. The molecule has 0 bridgehead atoms. The Hall–Kier alpha value is -2.51. The lowest BCUT2D eigenvalue weighted by atomic mass is 9.99. The number of methoxy groups -OCH3 is 1. The fourth-order valence-corrected chi connectivity index (χ4v) is 2.18. The molecule has 0 aliphatic rings. The van der Waals surface area contributed by atoms with Gasteiger partial charge < -0.3 is 14.4 Å². The van der Waals surface area contributed by atoms with Gasteiger partial charge in [-0.15, -0.1) is 0 Å². The van der Waals surface area contributed by atoms with E-state index in [1.54, 1.807) is 7.11 Å². The van der Waals surface area contributed by atoms with Gasteiger partial charge in [0.15, 0.2) is 0 Å². The van der Waals surface area contributed by atoms with Crippen molar-refractivity contribution in [3.8, 4) is 22.9 Å². The van der Waals surface area contributed by atoms with Gasteiger partial charge in [0.25, 0.3) is 0 Å². The van der Waals surface area contributed by atoms with Crippen LogP contribution in [0.3, 0.4) is 0 Å². The molecule has 4 heteroatoms. The van der Waals surface area contributed by atoms with Gasteiger partial charge in [0, 0.05) is 32.5 Å². The number of anilines is 1. The van der Waals surface area contributed by atoms with Crippen molar-refractivity contribution in [2.24, 2.45) is 0 Å². The van der Waals surface area contributed by atoms with E-state index in [2.05, 4.69) is 6.07 Å². The van der Waals surface area contributed by atoms with Gasteiger partial charge in [-0.3, -0.25) is 0 Å². The minimum atomic E-state index is 0.425. The summed E-state index contributed by atoms with van der Waals surface area (Å²) < 4.78 is 10.6. The summed E-state index contributed by atoms with van der Waals surface area (Å²) in [4.78, 5) is 2.04. The number of benzene rings is 2. The van der Waals surface area contributed by atoms with Crippen LogP contribution in [0.2, 0.25) is 0 Å². The third-order valence-corrected chi connectivity index (χ3v) is 3.38. The highest BCUT2D eigenvalue weighted by Crippen LogP contribution is 2.31. The van der Waals surface area contributed by atoms with Crippen molar-refractivity contribution < 1.29 is 9.47 Å². The molecular formula is C18H20N2O2. The molecule has 114 valence electrons. The molecule has 0 amide bonds. The van der Waals surface area contributed by atoms with Crippen LogP contribution in [-0.2, 0) is 4.74 Å². The van der Waals surface area contributed by atoms with E-state index in [1.807, 2.05) is 61.5 Å². The summed E-state index contributed by atoms with van der Waals surface area (Å²) in [5.74, 6) is 0.591. The number of hydrogen-bond acceptors (Lipinski definition) is 4. The zero-order valence-electron chi connectivity index (χ0n) is 13.2. The summed E-state index contributed by atoms with van der Waals surface area (Å²) in [6.07, 6.45) is 0. The molecule has 0 aliphatic carbocycles. The van der Waals surface area contributed by atoms with Crippen LogP contribution in [0.25, 0.3) is 11.1 Å². The molecule has 2 aromatic rings. The quantitative estimate of drug-likeness (QED) is 0.767. The van der Waals surface area contributed by atoms with E-state index in [0.29, 0.717) is 24.5 Å². The first-order valence-electron chi connectivity index (χ1n) is 7.10. The predicted molar refractivity (Wildman–Crippen MR) is 88.3 cm³/mol. The molecule has 0 radical (unpaired) electrons. The fraction of sp³-hybridized carbons (Fsp3) is 0.278. The number of nitriles is 1. The second kappa shape index (κ2) is 7.48. The monoisotopic (exact) mass is 296 g/mol. The molecule has 0 heterocycles. The Labute approximate surface area is 131 Å². The first-order chi connectivity index (χ1) is 10.7. The van der Waals surface area contributed by atoms with Crippen LogP contribution in [0.1, 0.15) is 5.56 Å². The van der Waals surface area contributed by atoms with Crippen LogP contribution < -0.4 is 9.64 Å². The zero-order valence-corrected chi connectivity index (χ0v) is 13.2. The van der Waals surface area contributed by atoms with Gasteiger partial charge in [0.1, 0.15) is 24.0 Å². The highest BCUT2D eigenvalue weighted by Gasteiger charge is 2.11. The normalized spacial score (nSPS) is 10.1. The molecule has 4 nitrogen and oxygen atoms in total. The summed E-state index contributed by atoms with van der Waals surface area (Å²) in [6, 6.07) is 16.0. The van der Waals surface area contributed by atoms with Crippen LogP contribution in [0.15, 0.2) is 42.5 Å². The molecule has 0 spiro atoms. The molecule has 0 aromatic heterocycles. The minimum Gasteiger partial charge on any atom is -0.490 e. The lowest BCUT2D eigenvalue weighted by Crippen LogP contribution is -2.08. The van der Waals surface area contributed by atoms with Crippen molar-refractivity contribution in [3.63, 3.8) is 0 Å². The van der Waals surface area contributed by atoms with Crippen LogP contribution in [0.4, 0.5) is 5.69 Å². The largest absolute Gasteiger partial charge is 0.490 e. The minimum absolute atomic E-state index is 0.425. The van der Waals surface area contributed by atoms with Crippen LogP contribution in [0.5, 0.6) is 5.75 Å². The predicted octanol–water partition coefficient (Wildman–Crippen LogP) is 3.32. The fourth-order valence-electron chi connectivity index (χ4n) is 2.18. The number of nitrogens with zero attached hydrogens (tertiary/aromatic N) is 2. The lowest BCUT2D eigenvalue weighted by Gasteiger charge is -2.14. The van der Waals surface area contributed by atoms with E-state index < -0.39 is 0 Å². The summed E-state index contributed by atoms with van der Waals surface area (Å²) in [6.45, 7) is 0.917. The number of rotatable bonds is 6. The van der Waals surface area contributed by atoms with E-state index in [9.17, 15) is 5.26 Å². The maximum atomic E-state index is 9.49. The third-order valence-electron chi connectivity index (χ3n) is 3.38. The van der Waals surface area contributed by atoms with Crippen molar-refractivity contribution in [3.05, 3.63) is 48.0 Å². The van der Waals surface area contributed by atoms with Gasteiger partial charge in [0.2, 0.25) is 0 Å². The molecule has 0 saturated carbocycles. The molecule has 0 atom stereocenters. The highest BCUT2D eigenvalue weighted by molar-refractivity contribution is 5.74. The third kappa shape index (κ3) is 3.57. The molecule has 2 rings (SSSR count). The molecular weight excluding hydrogens is 276 g/mol. The van der Waals surface area contributed by atoms with Gasteiger partial charge in [-0.05, 0) is 23.8 Å². The van der Waals surface area contributed by atoms with E-state index in [0.717, 1.165) is 16.8 Å².